The molecule has 0 aliphatic heterocycles. The Labute approximate surface area is 240 Å². The smallest absolute Gasteiger partial charge is 0.311 e. The molecule has 0 heterocycles. The highest BCUT2D eigenvalue weighted by molar-refractivity contribution is 7.99. The standard InChI is InChI=1S/C32H48N2O4S/c1-5-7-9-10-11-12-13-14-15-19-23-28(22-8-6-2)29(31(36)37)24-30(35)34(26-32(3,4)39-33-38)25-27-20-17-16-18-21-27/h6,8,16-23,29H,5,7,9-15,24-26H2,1-4H3,(H,36,37). The molecule has 1 aromatic carbocycles. The second kappa shape index (κ2) is 20.3. The summed E-state index contributed by atoms with van der Waals surface area (Å²) in [5, 5.41) is 10.1. The molecule has 0 aromatic heterocycles. The van der Waals surface area contributed by atoms with Crippen molar-refractivity contribution in [3.63, 3.8) is 0 Å². The van der Waals surface area contributed by atoms with Crippen molar-refractivity contribution in [2.24, 2.45) is 10.5 Å². The number of aliphatic carboxylic acids is 1. The number of nitroso groups, excluding NO2 is 1. The maximum atomic E-state index is 13.5. The third-order valence-electron chi connectivity index (χ3n) is 6.52. The molecule has 0 saturated heterocycles. The highest BCUT2D eigenvalue weighted by Crippen LogP contribution is 2.28. The molecule has 0 radical (unpaired) electrons. The van der Waals surface area contributed by atoms with Gasteiger partial charge >= 0.3 is 5.97 Å². The number of carbonyl (C=O) groups is 2. The van der Waals surface area contributed by atoms with Crippen molar-refractivity contribution in [3.8, 4) is 0 Å². The number of carboxylic acid groups (broad SMARTS) is 1. The summed E-state index contributed by atoms with van der Waals surface area (Å²) >= 11 is 0.884. The van der Waals surface area contributed by atoms with Gasteiger partial charge in [0.15, 0.2) is 0 Å². The zero-order valence-electron chi connectivity index (χ0n) is 24.3. The molecule has 1 atom stereocenters. The molecule has 0 aliphatic carbocycles. The van der Waals surface area contributed by atoms with Gasteiger partial charge in [-0.05, 0) is 44.7 Å². The number of hydrogen-bond donors (Lipinski definition) is 1. The molecule has 7 heteroatoms. The number of nitrogens with zero attached hydrogens (tertiary/aromatic N) is 2. The van der Waals surface area contributed by atoms with Crippen LogP contribution in [0, 0.1) is 10.8 Å². The van der Waals surface area contributed by atoms with Gasteiger partial charge in [0.2, 0.25) is 5.91 Å². The largest absolute Gasteiger partial charge is 0.481 e. The molecule has 0 fully saturated rings. The lowest BCUT2D eigenvalue weighted by Gasteiger charge is -2.31. The first-order valence-corrected chi connectivity index (χ1v) is 15.1. The van der Waals surface area contributed by atoms with Gasteiger partial charge in [-0.15, -0.1) is 4.91 Å². The lowest BCUT2D eigenvalue weighted by atomic mass is 9.93. The van der Waals surface area contributed by atoms with Gasteiger partial charge < -0.3 is 10.0 Å². The van der Waals surface area contributed by atoms with Crippen molar-refractivity contribution >= 4 is 23.8 Å². The van der Waals surface area contributed by atoms with Crippen LogP contribution in [0.5, 0.6) is 0 Å². The van der Waals surface area contributed by atoms with Crippen molar-refractivity contribution in [1.29, 1.82) is 0 Å². The van der Waals surface area contributed by atoms with Gasteiger partial charge in [-0.2, -0.15) is 0 Å². The van der Waals surface area contributed by atoms with Crippen molar-refractivity contribution in [2.45, 2.75) is 103 Å². The lowest BCUT2D eigenvalue weighted by Crippen LogP contribution is -2.41. The number of amides is 1. The number of carboxylic acids is 1. The van der Waals surface area contributed by atoms with Gasteiger partial charge in [-0.1, -0.05) is 113 Å². The van der Waals surface area contributed by atoms with E-state index in [9.17, 15) is 19.6 Å². The normalized spacial score (nSPS) is 13.2. The lowest BCUT2D eigenvalue weighted by molar-refractivity contribution is -0.144. The molecule has 0 spiro atoms. The SMILES string of the molecule is CC=CC=C(C=CCCCCCCCCCC)C(CC(=O)N(Cc1ccccc1)CC(C)(C)SN=O)C(=O)O. The van der Waals surface area contributed by atoms with Crippen LogP contribution >= 0.6 is 11.9 Å². The van der Waals surface area contributed by atoms with Crippen molar-refractivity contribution in [1.82, 2.24) is 4.90 Å². The fraction of sp³-hybridized carbons (Fsp3) is 0.562. The first-order valence-electron chi connectivity index (χ1n) is 14.3. The van der Waals surface area contributed by atoms with Crippen molar-refractivity contribution in [2.75, 3.05) is 6.54 Å². The summed E-state index contributed by atoms with van der Waals surface area (Å²) < 4.78 is 2.36. The molecule has 1 N–H and O–H groups in total. The Kier molecular flexibility index (Phi) is 17.9. The van der Waals surface area contributed by atoms with Gasteiger partial charge in [0.1, 0.15) is 0 Å². The van der Waals surface area contributed by atoms with E-state index in [0.29, 0.717) is 12.1 Å². The third kappa shape index (κ3) is 15.5. The van der Waals surface area contributed by atoms with Crippen molar-refractivity contribution < 1.29 is 14.7 Å². The van der Waals surface area contributed by atoms with Crippen molar-refractivity contribution in [3.05, 3.63) is 76.8 Å². The number of allylic oxidation sites excluding steroid dienone is 5. The van der Waals surface area contributed by atoms with Crippen LogP contribution in [0.1, 0.15) is 97.5 Å². The van der Waals surface area contributed by atoms with E-state index >= 15 is 0 Å². The summed E-state index contributed by atoms with van der Waals surface area (Å²) in [5.74, 6) is -2.27. The Morgan fingerprint density at radius 1 is 1.05 bits per heavy atom. The Morgan fingerprint density at radius 2 is 1.69 bits per heavy atom. The summed E-state index contributed by atoms with van der Waals surface area (Å²) in [6, 6.07) is 9.57. The van der Waals surface area contributed by atoms with Crippen LogP contribution in [0.3, 0.4) is 0 Å². The molecule has 216 valence electrons. The molecule has 0 saturated carbocycles. The van der Waals surface area contributed by atoms with Gasteiger partial charge in [0.05, 0.1) is 10.7 Å². The summed E-state index contributed by atoms with van der Waals surface area (Å²) in [6.45, 7) is 8.41. The van der Waals surface area contributed by atoms with E-state index in [2.05, 4.69) is 11.5 Å². The van der Waals surface area contributed by atoms with Gasteiger partial charge in [0.25, 0.3) is 0 Å². The second-order valence-corrected chi connectivity index (χ2v) is 12.1. The topological polar surface area (TPSA) is 87.0 Å². The minimum atomic E-state index is -1.03. The summed E-state index contributed by atoms with van der Waals surface area (Å²) in [5.41, 5.74) is 1.55. The molecular formula is C32H48N2O4S. The number of unbranched alkanes of at least 4 members (excludes halogenated alkanes) is 8. The van der Waals surface area contributed by atoms with Crippen LogP contribution in [-0.4, -0.2) is 33.2 Å². The Morgan fingerprint density at radius 3 is 2.28 bits per heavy atom. The molecule has 6 nitrogen and oxygen atoms in total. The molecule has 1 amide bonds. The fourth-order valence-corrected chi connectivity index (χ4v) is 4.80. The first kappa shape index (κ1) is 34.4. The molecular weight excluding hydrogens is 508 g/mol. The van der Waals surface area contributed by atoms with E-state index in [1.54, 1.807) is 11.0 Å². The first-order chi connectivity index (χ1) is 18.7. The molecule has 0 aliphatic rings. The second-order valence-electron chi connectivity index (χ2n) is 10.6. The van der Waals surface area contributed by atoms with E-state index in [1.807, 2.05) is 75.4 Å². The van der Waals surface area contributed by atoms with E-state index in [4.69, 9.17) is 0 Å². The monoisotopic (exact) mass is 556 g/mol. The molecule has 1 aromatic rings. The van der Waals surface area contributed by atoms with Crippen LogP contribution in [0.4, 0.5) is 0 Å². The number of carbonyl (C=O) groups excluding carboxylic acids is 1. The maximum absolute atomic E-state index is 13.5. The van der Waals surface area contributed by atoms with Crippen LogP contribution in [0.15, 0.2) is 70.9 Å². The van der Waals surface area contributed by atoms with Crippen LogP contribution < -0.4 is 0 Å². The summed E-state index contributed by atoms with van der Waals surface area (Å²) in [7, 11) is 0. The zero-order chi connectivity index (χ0) is 28.9. The highest BCUT2D eigenvalue weighted by Gasteiger charge is 2.31. The molecule has 0 bridgehead atoms. The predicted molar refractivity (Wildman–Crippen MR) is 164 cm³/mol. The third-order valence-corrected chi connectivity index (χ3v) is 7.22. The highest BCUT2D eigenvalue weighted by atomic mass is 32.2. The number of rotatable bonds is 21. The average molecular weight is 557 g/mol. The van der Waals surface area contributed by atoms with E-state index in [-0.39, 0.29) is 18.9 Å². The molecule has 1 unspecified atom stereocenters. The number of benzene rings is 1. The Bertz CT molecular complexity index is 941. The van der Waals surface area contributed by atoms with Crippen LogP contribution in [0.25, 0.3) is 0 Å². The van der Waals surface area contributed by atoms with E-state index in [0.717, 1.165) is 30.4 Å². The van der Waals surface area contributed by atoms with E-state index < -0.39 is 16.6 Å². The predicted octanol–water partition coefficient (Wildman–Crippen LogP) is 8.89. The average Bonchev–Trinajstić information content (AvgIpc) is 2.90. The van der Waals surface area contributed by atoms with E-state index in [1.165, 1.54) is 44.9 Å². The Balaban J connectivity index is 2.93. The molecule has 1 rings (SSSR count). The van der Waals surface area contributed by atoms with Crippen LogP contribution in [0.2, 0.25) is 0 Å². The zero-order valence-corrected chi connectivity index (χ0v) is 25.1. The summed E-state index contributed by atoms with van der Waals surface area (Å²) in [6.07, 6.45) is 20.0. The number of hydrogen-bond acceptors (Lipinski definition) is 5. The fourth-order valence-electron chi connectivity index (χ4n) is 4.39. The van der Waals surface area contributed by atoms with Crippen LogP contribution in [-0.2, 0) is 16.1 Å². The van der Waals surface area contributed by atoms with Gasteiger partial charge in [0, 0.05) is 36.0 Å². The minimum Gasteiger partial charge on any atom is -0.481 e. The minimum absolute atomic E-state index is 0.164. The molecule has 39 heavy (non-hydrogen) atoms. The maximum Gasteiger partial charge on any atom is 0.311 e. The van der Waals surface area contributed by atoms with Gasteiger partial charge in [-0.25, -0.2) is 0 Å². The Hall–Kier alpha value is -2.67. The summed E-state index contributed by atoms with van der Waals surface area (Å²) in [4.78, 5) is 38.5. The quantitative estimate of drug-likeness (QED) is 0.0707. The van der Waals surface area contributed by atoms with Gasteiger partial charge in [-0.3, -0.25) is 9.59 Å².